The summed E-state index contributed by atoms with van der Waals surface area (Å²) >= 11 is 3.24. The number of aryl methyl sites for hydroxylation is 4. The van der Waals surface area contributed by atoms with Crippen LogP contribution in [0.3, 0.4) is 0 Å². The van der Waals surface area contributed by atoms with Crippen LogP contribution in [0.5, 0.6) is 0 Å². The van der Waals surface area contributed by atoms with Gasteiger partial charge in [0, 0.05) is 10.6 Å². The van der Waals surface area contributed by atoms with Crippen LogP contribution in [0.2, 0.25) is 0 Å². The van der Waals surface area contributed by atoms with Gasteiger partial charge in [0.2, 0.25) is 0 Å². The van der Waals surface area contributed by atoms with Crippen molar-refractivity contribution in [2.75, 3.05) is 0 Å². The fourth-order valence-electron chi connectivity index (χ4n) is 3.53. The summed E-state index contributed by atoms with van der Waals surface area (Å²) in [5, 5.41) is 1.52. The molecule has 0 aliphatic carbocycles. The predicted molar refractivity (Wildman–Crippen MR) is 125 cm³/mol. The molecule has 0 fully saturated rings. The molecule has 0 spiro atoms. The molecule has 0 atom stereocenters. The lowest BCUT2D eigenvalue weighted by molar-refractivity contribution is 0.819. The number of hydrogen-bond donors (Lipinski definition) is 0. The third-order valence-electron chi connectivity index (χ3n) is 5.31. The average Bonchev–Trinajstić information content (AvgIpc) is 3.05. The third kappa shape index (κ3) is 3.77. The molecular weight excluding hydrogens is 396 g/mol. The molecule has 148 valence electrons. The Hall–Kier alpha value is -2.37. The summed E-state index contributed by atoms with van der Waals surface area (Å²) in [6, 6.07) is 16.5. The van der Waals surface area contributed by atoms with E-state index in [-0.39, 0.29) is 5.56 Å². The van der Waals surface area contributed by atoms with Gasteiger partial charge in [-0.25, -0.2) is 4.98 Å². The molecule has 0 unspecified atom stereocenters. The average molecular weight is 421 g/mol. The fourth-order valence-corrected chi connectivity index (χ4v) is 5.66. The second-order valence-corrected chi connectivity index (χ2v) is 9.39. The topological polar surface area (TPSA) is 34.9 Å². The number of rotatable bonds is 5. The SMILES string of the molecule is CCc1c(C)sc2nc(SCc3ccccc3)n(-c3ccc(C)c(C)c3)c(=O)c12. The lowest BCUT2D eigenvalue weighted by Crippen LogP contribution is -2.22. The van der Waals surface area contributed by atoms with Crippen molar-refractivity contribution in [2.45, 2.75) is 45.0 Å². The van der Waals surface area contributed by atoms with Crippen molar-refractivity contribution in [3.63, 3.8) is 0 Å². The van der Waals surface area contributed by atoms with Crippen LogP contribution < -0.4 is 5.56 Å². The molecule has 4 aromatic rings. The van der Waals surface area contributed by atoms with E-state index in [1.54, 1.807) is 27.7 Å². The van der Waals surface area contributed by atoms with E-state index in [1.165, 1.54) is 21.6 Å². The molecule has 0 saturated carbocycles. The molecule has 4 rings (SSSR count). The van der Waals surface area contributed by atoms with Gasteiger partial charge in [-0.15, -0.1) is 11.3 Å². The highest BCUT2D eigenvalue weighted by Gasteiger charge is 2.19. The maximum absolute atomic E-state index is 13.7. The quantitative estimate of drug-likeness (QED) is 0.284. The zero-order valence-corrected chi connectivity index (χ0v) is 18.8. The molecule has 0 saturated heterocycles. The van der Waals surface area contributed by atoms with E-state index < -0.39 is 0 Å². The largest absolute Gasteiger partial charge is 0.268 e. The number of hydrogen-bond acceptors (Lipinski definition) is 4. The molecule has 0 aliphatic rings. The van der Waals surface area contributed by atoms with E-state index in [0.717, 1.165) is 38.8 Å². The van der Waals surface area contributed by atoms with E-state index in [4.69, 9.17) is 4.98 Å². The molecule has 5 heteroatoms. The molecule has 29 heavy (non-hydrogen) atoms. The van der Waals surface area contributed by atoms with Crippen LogP contribution in [-0.2, 0) is 12.2 Å². The van der Waals surface area contributed by atoms with Gasteiger partial charge in [-0.3, -0.25) is 9.36 Å². The number of benzene rings is 2. The molecule has 0 bridgehead atoms. The summed E-state index contributed by atoms with van der Waals surface area (Å²) in [5.74, 6) is 0.772. The Morgan fingerprint density at radius 2 is 1.79 bits per heavy atom. The zero-order chi connectivity index (χ0) is 20.5. The van der Waals surface area contributed by atoms with Crippen LogP contribution in [0.1, 0.15) is 34.1 Å². The van der Waals surface area contributed by atoms with Crippen molar-refractivity contribution in [3.05, 3.63) is 86.0 Å². The van der Waals surface area contributed by atoms with Gasteiger partial charge in [0.25, 0.3) is 5.56 Å². The van der Waals surface area contributed by atoms with E-state index in [1.807, 2.05) is 24.3 Å². The number of nitrogens with zero attached hydrogens (tertiary/aromatic N) is 2. The highest BCUT2D eigenvalue weighted by Crippen LogP contribution is 2.31. The van der Waals surface area contributed by atoms with Crippen LogP contribution in [0.4, 0.5) is 0 Å². The summed E-state index contributed by atoms with van der Waals surface area (Å²) in [6.45, 7) is 8.36. The molecular formula is C24H24N2OS2. The van der Waals surface area contributed by atoms with Gasteiger partial charge in [-0.2, -0.15) is 0 Å². The Morgan fingerprint density at radius 3 is 2.48 bits per heavy atom. The predicted octanol–water partition coefficient (Wildman–Crippen LogP) is 6.23. The van der Waals surface area contributed by atoms with Crippen molar-refractivity contribution in [3.8, 4) is 5.69 Å². The second kappa shape index (κ2) is 8.17. The Morgan fingerprint density at radius 1 is 1.03 bits per heavy atom. The number of thioether (sulfide) groups is 1. The molecule has 2 aromatic heterocycles. The number of thiophene rings is 1. The van der Waals surface area contributed by atoms with Crippen molar-refractivity contribution in [1.82, 2.24) is 9.55 Å². The van der Waals surface area contributed by atoms with E-state index in [2.05, 4.69) is 52.0 Å². The van der Waals surface area contributed by atoms with Crippen molar-refractivity contribution < 1.29 is 0 Å². The summed E-state index contributed by atoms with van der Waals surface area (Å²) < 4.78 is 1.80. The van der Waals surface area contributed by atoms with Crippen LogP contribution in [0.15, 0.2) is 58.5 Å². The van der Waals surface area contributed by atoms with Crippen molar-refractivity contribution in [2.24, 2.45) is 0 Å². The van der Waals surface area contributed by atoms with Crippen LogP contribution in [-0.4, -0.2) is 9.55 Å². The fraction of sp³-hybridized carbons (Fsp3) is 0.250. The van der Waals surface area contributed by atoms with Gasteiger partial charge < -0.3 is 0 Å². The van der Waals surface area contributed by atoms with Gasteiger partial charge in [-0.05, 0) is 61.6 Å². The first-order valence-electron chi connectivity index (χ1n) is 9.79. The summed E-state index contributed by atoms with van der Waals surface area (Å²) in [7, 11) is 0. The number of fused-ring (bicyclic) bond motifs is 1. The summed E-state index contributed by atoms with van der Waals surface area (Å²) in [5.41, 5.74) is 5.65. The molecule has 0 aliphatic heterocycles. The van der Waals surface area contributed by atoms with Crippen molar-refractivity contribution >= 4 is 33.3 Å². The Kier molecular flexibility index (Phi) is 5.61. The van der Waals surface area contributed by atoms with Crippen LogP contribution in [0, 0.1) is 20.8 Å². The third-order valence-corrected chi connectivity index (χ3v) is 7.36. The lowest BCUT2D eigenvalue weighted by atomic mass is 10.1. The zero-order valence-electron chi connectivity index (χ0n) is 17.2. The van der Waals surface area contributed by atoms with Crippen molar-refractivity contribution in [1.29, 1.82) is 0 Å². The summed E-state index contributed by atoms with van der Waals surface area (Å²) in [6.07, 6.45) is 0.839. The number of aromatic nitrogens is 2. The standard InChI is InChI=1S/C24H24N2OS2/c1-5-20-17(4)29-22-21(20)23(27)26(19-12-11-15(2)16(3)13-19)24(25-22)28-14-18-9-7-6-8-10-18/h6-13H,5,14H2,1-4H3. The summed E-state index contributed by atoms with van der Waals surface area (Å²) in [4.78, 5) is 20.7. The van der Waals surface area contributed by atoms with Gasteiger partial charge in [0.15, 0.2) is 5.16 Å². The smallest absolute Gasteiger partial charge is 0.267 e. The Balaban J connectivity index is 1.92. The maximum Gasteiger partial charge on any atom is 0.267 e. The minimum atomic E-state index is 0.0371. The lowest BCUT2D eigenvalue weighted by Gasteiger charge is -2.14. The molecule has 3 nitrogen and oxygen atoms in total. The monoisotopic (exact) mass is 420 g/mol. The maximum atomic E-state index is 13.7. The first-order valence-corrected chi connectivity index (χ1v) is 11.6. The Bertz CT molecular complexity index is 1240. The van der Waals surface area contributed by atoms with E-state index in [0.29, 0.717) is 0 Å². The van der Waals surface area contributed by atoms with E-state index in [9.17, 15) is 4.79 Å². The highest BCUT2D eigenvalue weighted by atomic mass is 32.2. The van der Waals surface area contributed by atoms with Crippen LogP contribution in [0.25, 0.3) is 15.9 Å². The Labute approximate surface area is 179 Å². The minimum Gasteiger partial charge on any atom is -0.268 e. The van der Waals surface area contributed by atoms with E-state index >= 15 is 0 Å². The molecule has 2 aromatic carbocycles. The first-order chi connectivity index (χ1) is 14.0. The highest BCUT2D eigenvalue weighted by molar-refractivity contribution is 7.98. The molecule has 0 N–H and O–H groups in total. The van der Waals surface area contributed by atoms with Gasteiger partial charge in [0.05, 0.1) is 11.1 Å². The van der Waals surface area contributed by atoms with Gasteiger partial charge >= 0.3 is 0 Å². The molecule has 2 heterocycles. The molecule has 0 amide bonds. The van der Waals surface area contributed by atoms with Crippen LogP contribution >= 0.6 is 23.1 Å². The first kappa shape index (κ1) is 19.9. The molecule has 0 radical (unpaired) electrons. The normalized spacial score (nSPS) is 11.3. The second-order valence-electron chi connectivity index (χ2n) is 7.25. The minimum absolute atomic E-state index is 0.0371. The van der Waals surface area contributed by atoms with Gasteiger partial charge in [0.1, 0.15) is 4.83 Å². The van der Waals surface area contributed by atoms with Gasteiger partial charge in [-0.1, -0.05) is 55.1 Å².